The third-order valence-electron chi connectivity index (χ3n) is 2.06. The quantitative estimate of drug-likeness (QED) is 0.786. The highest BCUT2D eigenvalue weighted by atomic mass is 16.5. The second-order valence-corrected chi connectivity index (χ2v) is 3.20. The Morgan fingerprint density at radius 2 is 2.25 bits per heavy atom. The SMILES string of the molecule is COc1ccc(C=C(C)C(=O)O)cc1C#N. The number of nitrogens with zero attached hydrogens (tertiary/aromatic N) is 1. The van der Waals surface area contributed by atoms with Crippen molar-refractivity contribution in [2.45, 2.75) is 6.92 Å². The molecule has 0 saturated carbocycles. The molecule has 1 rings (SSSR count). The van der Waals surface area contributed by atoms with E-state index in [2.05, 4.69) is 0 Å². The Labute approximate surface area is 93.4 Å². The molecular formula is C12H11NO3. The van der Waals surface area contributed by atoms with E-state index in [9.17, 15) is 4.79 Å². The molecule has 0 aliphatic rings. The number of hydrogen-bond donors (Lipinski definition) is 1. The number of nitriles is 1. The number of carboxylic acids is 1. The standard InChI is InChI=1S/C12H11NO3/c1-8(12(14)15)5-9-3-4-11(16-2)10(6-9)7-13/h3-6H,1-2H3,(H,14,15). The van der Waals surface area contributed by atoms with Gasteiger partial charge in [-0.2, -0.15) is 5.26 Å². The zero-order valence-electron chi connectivity index (χ0n) is 9.02. The number of rotatable bonds is 3. The molecule has 1 aromatic rings. The first kappa shape index (κ1) is 11.8. The van der Waals surface area contributed by atoms with Crippen molar-refractivity contribution in [1.82, 2.24) is 0 Å². The first-order chi connectivity index (χ1) is 7.58. The van der Waals surface area contributed by atoms with Crippen LogP contribution in [0.5, 0.6) is 5.75 Å². The Balaban J connectivity index is 3.15. The Morgan fingerprint density at radius 1 is 1.56 bits per heavy atom. The Morgan fingerprint density at radius 3 is 2.75 bits per heavy atom. The molecule has 0 saturated heterocycles. The van der Waals surface area contributed by atoms with Crippen molar-refractivity contribution in [3.63, 3.8) is 0 Å². The van der Waals surface area contributed by atoms with Crippen LogP contribution in [0.25, 0.3) is 6.08 Å². The summed E-state index contributed by atoms with van der Waals surface area (Å²) in [4.78, 5) is 10.6. The van der Waals surface area contributed by atoms with E-state index < -0.39 is 5.97 Å². The molecule has 0 heterocycles. The molecule has 0 spiro atoms. The maximum absolute atomic E-state index is 10.6. The molecule has 0 atom stereocenters. The molecule has 0 unspecified atom stereocenters. The second-order valence-electron chi connectivity index (χ2n) is 3.20. The summed E-state index contributed by atoms with van der Waals surface area (Å²) in [6, 6.07) is 6.92. The van der Waals surface area contributed by atoms with Crippen molar-refractivity contribution in [3.8, 4) is 11.8 Å². The lowest BCUT2D eigenvalue weighted by Gasteiger charge is -2.03. The van der Waals surface area contributed by atoms with Gasteiger partial charge in [0.05, 0.1) is 12.7 Å². The lowest BCUT2D eigenvalue weighted by atomic mass is 10.1. The summed E-state index contributed by atoms with van der Waals surface area (Å²) in [6.07, 6.45) is 1.50. The van der Waals surface area contributed by atoms with Crippen molar-refractivity contribution in [1.29, 1.82) is 5.26 Å². The maximum atomic E-state index is 10.6. The Hall–Kier alpha value is -2.28. The molecule has 0 bridgehead atoms. The molecule has 16 heavy (non-hydrogen) atoms. The van der Waals surface area contributed by atoms with E-state index in [4.69, 9.17) is 15.1 Å². The third-order valence-corrected chi connectivity index (χ3v) is 2.06. The van der Waals surface area contributed by atoms with Gasteiger partial charge in [0.15, 0.2) is 0 Å². The van der Waals surface area contributed by atoms with Crippen LogP contribution in [-0.4, -0.2) is 18.2 Å². The summed E-state index contributed by atoms with van der Waals surface area (Å²) < 4.78 is 4.98. The monoisotopic (exact) mass is 217 g/mol. The maximum Gasteiger partial charge on any atom is 0.331 e. The molecule has 0 amide bonds. The number of carboxylic acid groups (broad SMARTS) is 1. The number of hydrogen-bond acceptors (Lipinski definition) is 3. The van der Waals surface area contributed by atoms with Gasteiger partial charge in [-0.3, -0.25) is 0 Å². The van der Waals surface area contributed by atoms with Gasteiger partial charge in [0, 0.05) is 5.57 Å². The average molecular weight is 217 g/mol. The van der Waals surface area contributed by atoms with Crippen LogP contribution in [0.1, 0.15) is 18.1 Å². The van der Waals surface area contributed by atoms with Gasteiger partial charge in [-0.1, -0.05) is 6.07 Å². The predicted octanol–water partition coefficient (Wildman–Crippen LogP) is 2.05. The fourth-order valence-electron chi connectivity index (χ4n) is 1.21. The van der Waals surface area contributed by atoms with Crippen LogP contribution in [0.3, 0.4) is 0 Å². The highest BCUT2D eigenvalue weighted by Crippen LogP contribution is 2.20. The average Bonchev–Trinajstić information content (AvgIpc) is 2.28. The summed E-state index contributed by atoms with van der Waals surface area (Å²) in [5.74, 6) is -0.498. The minimum absolute atomic E-state index is 0.217. The lowest BCUT2D eigenvalue weighted by molar-refractivity contribution is -0.132. The van der Waals surface area contributed by atoms with Gasteiger partial charge in [-0.05, 0) is 30.7 Å². The van der Waals surface area contributed by atoms with E-state index in [-0.39, 0.29) is 5.57 Å². The van der Waals surface area contributed by atoms with Crippen molar-refractivity contribution in [2.75, 3.05) is 7.11 Å². The Kier molecular flexibility index (Phi) is 3.67. The van der Waals surface area contributed by atoms with E-state index in [1.54, 1.807) is 18.2 Å². The molecule has 4 heteroatoms. The lowest BCUT2D eigenvalue weighted by Crippen LogP contribution is -1.95. The zero-order valence-corrected chi connectivity index (χ0v) is 9.02. The molecule has 0 aromatic heterocycles. The molecule has 0 fully saturated rings. The topological polar surface area (TPSA) is 70.3 Å². The van der Waals surface area contributed by atoms with E-state index in [0.29, 0.717) is 16.9 Å². The van der Waals surface area contributed by atoms with Crippen LogP contribution in [0.15, 0.2) is 23.8 Å². The van der Waals surface area contributed by atoms with Gasteiger partial charge in [0.25, 0.3) is 0 Å². The number of ether oxygens (including phenoxy) is 1. The first-order valence-corrected chi connectivity index (χ1v) is 4.58. The van der Waals surface area contributed by atoms with Crippen molar-refractivity contribution in [3.05, 3.63) is 34.9 Å². The molecule has 1 aromatic carbocycles. The minimum atomic E-state index is -0.977. The first-order valence-electron chi connectivity index (χ1n) is 4.58. The van der Waals surface area contributed by atoms with Crippen LogP contribution in [0.2, 0.25) is 0 Å². The largest absolute Gasteiger partial charge is 0.495 e. The second kappa shape index (κ2) is 4.99. The fourth-order valence-corrected chi connectivity index (χ4v) is 1.21. The van der Waals surface area contributed by atoms with Gasteiger partial charge < -0.3 is 9.84 Å². The van der Waals surface area contributed by atoms with Crippen LogP contribution < -0.4 is 4.74 Å². The zero-order chi connectivity index (χ0) is 12.1. The van der Waals surface area contributed by atoms with Crippen molar-refractivity contribution in [2.24, 2.45) is 0 Å². The van der Waals surface area contributed by atoms with E-state index in [1.807, 2.05) is 6.07 Å². The predicted molar refractivity (Wildman–Crippen MR) is 59.0 cm³/mol. The van der Waals surface area contributed by atoms with E-state index >= 15 is 0 Å². The molecule has 0 aliphatic heterocycles. The molecule has 1 N–H and O–H groups in total. The highest BCUT2D eigenvalue weighted by molar-refractivity contribution is 5.91. The minimum Gasteiger partial charge on any atom is -0.495 e. The Bertz CT molecular complexity index is 484. The van der Waals surface area contributed by atoms with Crippen LogP contribution in [0.4, 0.5) is 0 Å². The highest BCUT2D eigenvalue weighted by Gasteiger charge is 2.04. The van der Waals surface area contributed by atoms with E-state index in [1.165, 1.54) is 20.1 Å². The van der Waals surface area contributed by atoms with Crippen molar-refractivity contribution < 1.29 is 14.6 Å². The number of aliphatic carboxylic acids is 1. The van der Waals surface area contributed by atoms with Crippen LogP contribution in [0, 0.1) is 11.3 Å². The molecular weight excluding hydrogens is 206 g/mol. The van der Waals surface area contributed by atoms with Gasteiger partial charge in [0.2, 0.25) is 0 Å². The summed E-state index contributed by atoms with van der Waals surface area (Å²) in [7, 11) is 1.48. The summed E-state index contributed by atoms with van der Waals surface area (Å²) >= 11 is 0. The van der Waals surface area contributed by atoms with Gasteiger partial charge in [0.1, 0.15) is 11.8 Å². The van der Waals surface area contributed by atoms with Crippen molar-refractivity contribution >= 4 is 12.0 Å². The number of carbonyl (C=O) groups is 1. The normalized spacial score (nSPS) is 10.7. The van der Waals surface area contributed by atoms with E-state index in [0.717, 1.165) is 0 Å². The third kappa shape index (κ3) is 2.61. The molecule has 82 valence electrons. The van der Waals surface area contributed by atoms with Crippen LogP contribution in [-0.2, 0) is 4.79 Å². The van der Waals surface area contributed by atoms with Gasteiger partial charge in [-0.25, -0.2) is 4.79 Å². The van der Waals surface area contributed by atoms with Gasteiger partial charge >= 0.3 is 5.97 Å². The fraction of sp³-hybridized carbons (Fsp3) is 0.167. The smallest absolute Gasteiger partial charge is 0.331 e. The molecule has 4 nitrogen and oxygen atoms in total. The summed E-state index contributed by atoms with van der Waals surface area (Å²) in [5, 5.41) is 17.6. The summed E-state index contributed by atoms with van der Waals surface area (Å²) in [6.45, 7) is 1.50. The molecule has 0 aliphatic carbocycles. The number of methoxy groups -OCH3 is 1. The summed E-state index contributed by atoms with van der Waals surface area (Å²) in [5.41, 5.74) is 1.26. The number of benzene rings is 1. The van der Waals surface area contributed by atoms with Gasteiger partial charge in [-0.15, -0.1) is 0 Å². The van der Waals surface area contributed by atoms with Crippen LogP contribution >= 0.6 is 0 Å². The molecule has 0 radical (unpaired) electrons.